The van der Waals surface area contributed by atoms with Gasteiger partial charge in [0.2, 0.25) is 11.4 Å². The van der Waals surface area contributed by atoms with Gasteiger partial charge in [0.05, 0.1) is 5.56 Å². The van der Waals surface area contributed by atoms with Gasteiger partial charge >= 0.3 is 0 Å². The van der Waals surface area contributed by atoms with Crippen molar-refractivity contribution in [2.45, 2.75) is 19.4 Å². The van der Waals surface area contributed by atoms with Crippen LogP contribution in [0.2, 0.25) is 0 Å². The number of hydrogen-bond acceptors (Lipinski definition) is 2. The second-order valence-corrected chi connectivity index (χ2v) is 3.47. The van der Waals surface area contributed by atoms with Crippen LogP contribution >= 0.6 is 0 Å². The summed E-state index contributed by atoms with van der Waals surface area (Å²) in [4.78, 5) is 0. The van der Waals surface area contributed by atoms with E-state index in [-0.39, 0.29) is 0 Å². The summed E-state index contributed by atoms with van der Waals surface area (Å²) in [5, 5.41) is 21.5. The van der Waals surface area contributed by atoms with Gasteiger partial charge in [-0.1, -0.05) is 12.1 Å². The zero-order chi connectivity index (χ0) is 9.64. The molecule has 1 heterocycles. The molecule has 13 heavy (non-hydrogen) atoms. The van der Waals surface area contributed by atoms with Gasteiger partial charge in [0.15, 0.2) is 5.60 Å². The number of rotatable bonds is 0. The minimum absolute atomic E-state index is 0.425. The van der Waals surface area contributed by atoms with Gasteiger partial charge < -0.3 is 10.3 Å². The highest BCUT2D eigenvalue weighted by molar-refractivity contribution is 5.91. The third kappa shape index (κ3) is 0.906. The Morgan fingerprint density at radius 1 is 1.38 bits per heavy atom. The largest absolute Gasteiger partial charge is 0.618 e. The minimum atomic E-state index is -1.11. The molecule has 0 saturated carbocycles. The highest BCUT2D eigenvalue weighted by Gasteiger charge is 2.42. The summed E-state index contributed by atoms with van der Waals surface area (Å²) in [6, 6.07) is 7.10. The Bertz CT molecular complexity index is 394. The van der Waals surface area contributed by atoms with Gasteiger partial charge in [0, 0.05) is 13.0 Å². The Morgan fingerprint density at radius 3 is 2.62 bits per heavy atom. The molecule has 2 rings (SSSR count). The molecule has 1 aromatic rings. The fraction of sp³-hybridized carbons (Fsp3) is 0.300. The van der Waals surface area contributed by atoms with Gasteiger partial charge in [0.1, 0.15) is 0 Å². The van der Waals surface area contributed by atoms with Crippen molar-refractivity contribution in [1.82, 2.24) is 0 Å². The molecule has 0 aliphatic carbocycles. The molecule has 1 aliphatic rings. The van der Waals surface area contributed by atoms with Gasteiger partial charge in [-0.2, -0.15) is 4.74 Å². The molecule has 1 aliphatic heterocycles. The summed E-state index contributed by atoms with van der Waals surface area (Å²) in [5.74, 6) is 0. The fourth-order valence-corrected chi connectivity index (χ4v) is 1.64. The molecule has 1 unspecified atom stereocenters. The lowest BCUT2D eigenvalue weighted by Gasteiger charge is -2.12. The van der Waals surface area contributed by atoms with E-state index in [0.29, 0.717) is 17.0 Å². The third-order valence-corrected chi connectivity index (χ3v) is 2.66. The first kappa shape index (κ1) is 8.26. The number of para-hydroxylation sites is 1. The monoisotopic (exact) mass is 177 g/mol. The Morgan fingerprint density at radius 2 is 2.00 bits per heavy atom. The van der Waals surface area contributed by atoms with Crippen LogP contribution in [0.3, 0.4) is 0 Å². The fourth-order valence-electron chi connectivity index (χ4n) is 1.64. The molecule has 0 spiro atoms. The summed E-state index contributed by atoms with van der Waals surface area (Å²) in [6.45, 7) is 3.28. The Balaban J connectivity index is 2.74. The van der Waals surface area contributed by atoms with Crippen molar-refractivity contribution in [1.29, 1.82) is 0 Å². The number of fused-ring (bicyclic) bond motifs is 1. The first-order chi connectivity index (χ1) is 6.05. The zero-order valence-electron chi connectivity index (χ0n) is 7.61. The lowest BCUT2D eigenvalue weighted by Crippen LogP contribution is -2.28. The molecule has 3 nitrogen and oxygen atoms in total. The van der Waals surface area contributed by atoms with E-state index >= 15 is 0 Å². The van der Waals surface area contributed by atoms with Crippen LogP contribution in [0.15, 0.2) is 24.3 Å². The van der Waals surface area contributed by atoms with E-state index in [2.05, 4.69) is 0 Å². The van der Waals surface area contributed by atoms with Gasteiger partial charge in [-0.3, -0.25) is 0 Å². The maximum atomic E-state index is 11.5. The number of nitrogens with zero attached hydrogens (tertiary/aromatic N) is 1. The smallest absolute Gasteiger partial charge is 0.223 e. The molecule has 0 radical (unpaired) electrons. The lowest BCUT2D eigenvalue weighted by atomic mass is 9.94. The normalized spacial score (nSPS) is 26.4. The van der Waals surface area contributed by atoms with Crippen LogP contribution in [0.5, 0.6) is 0 Å². The van der Waals surface area contributed by atoms with Crippen molar-refractivity contribution >= 4 is 11.4 Å². The molecule has 0 saturated heterocycles. The van der Waals surface area contributed by atoms with E-state index in [1.165, 1.54) is 0 Å². The van der Waals surface area contributed by atoms with E-state index in [1.807, 2.05) is 6.07 Å². The highest BCUT2D eigenvalue weighted by atomic mass is 16.5. The van der Waals surface area contributed by atoms with Crippen molar-refractivity contribution in [2.24, 2.45) is 0 Å². The zero-order valence-corrected chi connectivity index (χ0v) is 7.61. The summed E-state index contributed by atoms with van der Waals surface area (Å²) < 4.78 is 0.787. The highest BCUT2D eigenvalue weighted by Crippen LogP contribution is 2.36. The first-order valence-corrected chi connectivity index (χ1v) is 4.18. The number of benzene rings is 1. The van der Waals surface area contributed by atoms with Crippen LogP contribution in [0.25, 0.3) is 0 Å². The molecule has 1 N–H and O–H groups in total. The van der Waals surface area contributed by atoms with Crippen molar-refractivity contribution < 1.29 is 9.85 Å². The second-order valence-electron chi connectivity index (χ2n) is 3.47. The Kier molecular flexibility index (Phi) is 1.48. The average Bonchev–Trinajstić information content (AvgIpc) is 2.30. The van der Waals surface area contributed by atoms with Crippen LogP contribution in [-0.4, -0.2) is 15.6 Å². The van der Waals surface area contributed by atoms with Crippen LogP contribution < -0.4 is 0 Å². The molecule has 1 atom stereocenters. The van der Waals surface area contributed by atoms with Crippen molar-refractivity contribution in [3.05, 3.63) is 35.0 Å². The summed E-state index contributed by atoms with van der Waals surface area (Å²) in [6.07, 6.45) is 0. The van der Waals surface area contributed by atoms with Crippen LogP contribution in [0.1, 0.15) is 19.4 Å². The Labute approximate surface area is 76.5 Å². The molecule has 0 bridgehead atoms. The number of aliphatic hydroxyl groups is 1. The molecular weight excluding hydrogens is 166 g/mol. The van der Waals surface area contributed by atoms with Crippen molar-refractivity contribution in [3.8, 4) is 0 Å². The van der Waals surface area contributed by atoms with Gasteiger partial charge in [0.25, 0.3) is 0 Å². The molecular formula is C10H11NO2. The first-order valence-electron chi connectivity index (χ1n) is 4.18. The molecule has 0 fully saturated rings. The maximum absolute atomic E-state index is 11.5. The predicted molar refractivity (Wildman–Crippen MR) is 50.0 cm³/mol. The van der Waals surface area contributed by atoms with Crippen molar-refractivity contribution in [3.63, 3.8) is 0 Å². The topological polar surface area (TPSA) is 46.3 Å². The van der Waals surface area contributed by atoms with Gasteiger partial charge in [-0.15, -0.1) is 0 Å². The molecule has 68 valence electrons. The summed E-state index contributed by atoms with van der Waals surface area (Å²) in [5.41, 5.74) is 0.541. The quantitative estimate of drug-likeness (QED) is 0.482. The molecule has 1 aromatic carbocycles. The van der Waals surface area contributed by atoms with Gasteiger partial charge in [-0.25, -0.2) is 0 Å². The number of hydrogen-bond donors (Lipinski definition) is 1. The third-order valence-electron chi connectivity index (χ3n) is 2.66. The summed E-state index contributed by atoms with van der Waals surface area (Å²) >= 11 is 0. The van der Waals surface area contributed by atoms with E-state index in [1.54, 1.807) is 32.0 Å². The Hall–Kier alpha value is -1.35. The van der Waals surface area contributed by atoms with Gasteiger partial charge in [-0.05, 0) is 13.0 Å². The van der Waals surface area contributed by atoms with E-state index in [0.717, 1.165) is 4.74 Å². The molecule has 3 heteroatoms. The predicted octanol–water partition coefficient (Wildman–Crippen LogP) is 1.51. The van der Waals surface area contributed by atoms with Crippen LogP contribution in [0.4, 0.5) is 5.69 Å². The van der Waals surface area contributed by atoms with E-state index in [4.69, 9.17) is 0 Å². The standard InChI is InChI=1S/C10H11NO2/c1-7-10(2,12)8-5-3-4-6-9(8)11(7)13/h3-6,12H,1-2H3. The maximum Gasteiger partial charge on any atom is 0.223 e. The summed E-state index contributed by atoms with van der Waals surface area (Å²) in [7, 11) is 0. The van der Waals surface area contributed by atoms with Crippen LogP contribution in [0, 0.1) is 5.21 Å². The molecule has 0 aromatic heterocycles. The SMILES string of the molecule is CC1=[N+]([O-])c2ccccc2C1(C)O. The van der Waals surface area contributed by atoms with E-state index in [9.17, 15) is 10.3 Å². The molecule has 0 amide bonds. The van der Waals surface area contributed by atoms with Crippen molar-refractivity contribution in [2.75, 3.05) is 0 Å². The average molecular weight is 177 g/mol. The minimum Gasteiger partial charge on any atom is -0.618 e. The second kappa shape index (κ2) is 2.33. The van der Waals surface area contributed by atoms with E-state index < -0.39 is 5.60 Å². The van der Waals surface area contributed by atoms with Crippen LogP contribution in [-0.2, 0) is 5.60 Å². The lowest BCUT2D eigenvalue weighted by molar-refractivity contribution is -0.360.